The standard InChI is InChI=1S/C4H6O2S.Na/c1-3-4(2)7(5)6;/h1H2,2H3,(H,5,6);/q;+1/p-1. The van der Waals surface area contributed by atoms with Crippen LogP contribution < -0.4 is 29.6 Å². The molecule has 0 saturated carbocycles. The monoisotopic (exact) mass is 140 g/mol. The van der Waals surface area contributed by atoms with Crippen LogP contribution in [0.5, 0.6) is 0 Å². The van der Waals surface area contributed by atoms with Gasteiger partial charge in [-0.25, -0.2) is 0 Å². The summed E-state index contributed by atoms with van der Waals surface area (Å²) in [7, 11) is 0. The van der Waals surface area contributed by atoms with E-state index in [-0.39, 0.29) is 34.5 Å². The van der Waals surface area contributed by atoms with Gasteiger partial charge in [0, 0.05) is 4.91 Å². The van der Waals surface area contributed by atoms with Crippen molar-refractivity contribution in [3.05, 3.63) is 17.2 Å². The first-order chi connectivity index (χ1) is 3.18. The summed E-state index contributed by atoms with van der Waals surface area (Å²) in [6.07, 6.45) is 0. The van der Waals surface area contributed by atoms with Gasteiger partial charge in [-0.15, -0.1) is 5.73 Å². The second kappa shape index (κ2) is 5.76. The first-order valence-electron chi connectivity index (χ1n) is 1.64. The van der Waals surface area contributed by atoms with Crippen LogP contribution in [0.25, 0.3) is 0 Å². The normalized spacial score (nSPS) is 10.8. The van der Waals surface area contributed by atoms with Crippen LogP contribution in [0.4, 0.5) is 0 Å². The van der Waals surface area contributed by atoms with E-state index in [1.54, 1.807) is 0 Å². The molecule has 0 amide bonds. The minimum absolute atomic E-state index is 0. The van der Waals surface area contributed by atoms with Gasteiger partial charge in [-0.3, -0.25) is 4.21 Å². The molecule has 0 aliphatic heterocycles. The predicted molar refractivity (Wildman–Crippen MR) is 27.2 cm³/mol. The molecular weight excluding hydrogens is 135 g/mol. The molecule has 1 unspecified atom stereocenters. The minimum Gasteiger partial charge on any atom is -0.768 e. The van der Waals surface area contributed by atoms with Gasteiger partial charge in [-0.05, 0) is 18.0 Å². The van der Waals surface area contributed by atoms with Crippen LogP contribution in [0.1, 0.15) is 6.92 Å². The summed E-state index contributed by atoms with van der Waals surface area (Å²) in [5.74, 6) is 0. The number of hydrogen-bond acceptors (Lipinski definition) is 2. The maximum atomic E-state index is 9.79. The Labute approximate surface area is 73.2 Å². The Kier molecular flexibility index (Phi) is 8.23. The van der Waals surface area contributed by atoms with Gasteiger partial charge in [0.25, 0.3) is 0 Å². The molecule has 8 heavy (non-hydrogen) atoms. The molecule has 0 aliphatic rings. The second-order valence-electron chi connectivity index (χ2n) is 0.968. The maximum Gasteiger partial charge on any atom is 1.00 e. The van der Waals surface area contributed by atoms with E-state index in [4.69, 9.17) is 0 Å². The molecule has 40 valence electrons. The van der Waals surface area contributed by atoms with Crippen LogP contribution in [0.3, 0.4) is 0 Å². The molecule has 0 N–H and O–H groups in total. The third-order valence-electron chi connectivity index (χ3n) is 0.499. The van der Waals surface area contributed by atoms with Gasteiger partial charge in [0.2, 0.25) is 0 Å². The predicted octanol–water partition coefficient (Wildman–Crippen LogP) is -2.44. The van der Waals surface area contributed by atoms with E-state index in [0.29, 0.717) is 0 Å². The summed E-state index contributed by atoms with van der Waals surface area (Å²) in [4.78, 5) is 0.153. The quantitative estimate of drug-likeness (QED) is 0.230. The zero-order valence-electron chi connectivity index (χ0n) is 4.93. The summed E-state index contributed by atoms with van der Waals surface area (Å²) >= 11 is -2.12. The summed E-state index contributed by atoms with van der Waals surface area (Å²) in [5, 5.41) is 0. The van der Waals surface area contributed by atoms with Gasteiger partial charge >= 0.3 is 29.6 Å². The average Bonchev–Trinajstić information content (AvgIpc) is 1.65. The van der Waals surface area contributed by atoms with Crippen LogP contribution in [0.15, 0.2) is 17.2 Å². The van der Waals surface area contributed by atoms with Crippen molar-refractivity contribution in [2.75, 3.05) is 0 Å². The molecule has 0 aliphatic carbocycles. The molecule has 0 fully saturated rings. The number of allylic oxidation sites excluding steroid dienone is 1. The van der Waals surface area contributed by atoms with Crippen LogP contribution >= 0.6 is 0 Å². The summed E-state index contributed by atoms with van der Waals surface area (Å²) in [6, 6.07) is 0. The molecule has 4 heteroatoms. The number of hydrogen-bond donors (Lipinski definition) is 0. The van der Waals surface area contributed by atoms with E-state index < -0.39 is 11.1 Å². The maximum absolute atomic E-state index is 9.79. The van der Waals surface area contributed by atoms with Crippen LogP contribution in [-0.4, -0.2) is 8.76 Å². The van der Waals surface area contributed by atoms with Crippen molar-refractivity contribution >= 4 is 11.1 Å². The Balaban J connectivity index is 0. The van der Waals surface area contributed by atoms with E-state index in [0.717, 1.165) is 0 Å². The third-order valence-corrected chi connectivity index (χ3v) is 1.14. The Bertz CT molecular complexity index is 137. The van der Waals surface area contributed by atoms with Gasteiger partial charge in [0.15, 0.2) is 0 Å². The fourth-order valence-corrected chi connectivity index (χ4v) is 0.177. The van der Waals surface area contributed by atoms with Crippen molar-refractivity contribution < 1.29 is 38.3 Å². The van der Waals surface area contributed by atoms with Gasteiger partial charge in [0.1, 0.15) is 0 Å². The van der Waals surface area contributed by atoms with Gasteiger partial charge in [0.05, 0.1) is 0 Å². The average molecular weight is 140 g/mol. The van der Waals surface area contributed by atoms with Crippen molar-refractivity contribution in [1.82, 2.24) is 0 Å². The Morgan fingerprint density at radius 1 is 1.88 bits per heavy atom. The molecule has 0 radical (unpaired) electrons. The Hall–Kier alpha value is 0.630. The zero-order chi connectivity index (χ0) is 5.86. The van der Waals surface area contributed by atoms with Gasteiger partial charge in [-0.2, -0.15) is 0 Å². The zero-order valence-corrected chi connectivity index (χ0v) is 7.75. The molecule has 0 rings (SSSR count). The molecule has 0 bridgehead atoms. The second-order valence-corrected chi connectivity index (χ2v) is 2.05. The van der Waals surface area contributed by atoms with Crippen molar-refractivity contribution in [3.63, 3.8) is 0 Å². The van der Waals surface area contributed by atoms with E-state index in [2.05, 4.69) is 12.3 Å². The molecule has 0 heterocycles. The van der Waals surface area contributed by atoms with E-state index in [1.165, 1.54) is 6.92 Å². The van der Waals surface area contributed by atoms with Crippen molar-refractivity contribution in [1.29, 1.82) is 0 Å². The summed E-state index contributed by atoms with van der Waals surface area (Å²) < 4.78 is 19.6. The van der Waals surface area contributed by atoms with Crippen molar-refractivity contribution in [2.24, 2.45) is 0 Å². The minimum atomic E-state index is -2.12. The summed E-state index contributed by atoms with van der Waals surface area (Å²) in [5.41, 5.74) is 2.22. The molecular formula is C4H5NaO2S. The molecule has 0 spiro atoms. The first-order valence-corrected chi connectivity index (χ1v) is 2.72. The molecule has 0 saturated heterocycles. The van der Waals surface area contributed by atoms with Crippen LogP contribution in [0.2, 0.25) is 0 Å². The van der Waals surface area contributed by atoms with Crippen LogP contribution in [-0.2, 0) is 11.1 Å². The molecule has 0 aromatic carbocycles. The third kappa shape index (κ3) is 4.78. The fourth-order valence-electron chi connectivity index (χ4n) is 0.0589. The Morgan fingerprint density at radius 3 is 2.25 bits per heavy atom. The van der Waals surface area contributed by atoms with Crippen LogP contribution in [0, 0.1) is 0 Å². The molecule has 0 aromatic rings. The topological polar surface area (TPSA) is 40.1 Å². The molecule has 0 aromatic heterocycles. The van der Waals surface area contributed by atoms with Gasteiger partial charge < -0.3 is 4.55 Å². The van der Waals surface area contributed by atoms with Gasteiger partial charge in [-0.1, -0.05) is 6.58 Å². The van der Waals surface area contributed by atoms with Crippen molar-refractivity contribution in [3.8, 4) is 0 Å². The molecule has 1 atom stereocenters. The Morgan fingerprint density at radius 2 is 2.25 bits per heavy atom. The largest absolute Gasteiger partial charge is 1.00 e. The first kappa shape index (κ1) is 11.4. The fraction of sp³-hybridized carbons (Fsp3) is 0.250. The van der Waals surface area contributed by atoms with E-state index >= 15 is 0 Å². The molecule has 2 nitrogen and oxygen atoms in total. The van der Waals surface area contributed by atoms with E-state index in [9.17, 15) is 8.76 Å². The van der Waals surface area contributed by atoms with Crippen molar-refractivity contribution in [2.45, 2.75) is 6.92 Å². The van der Waals surface area contributed by atoms with E-state index in [1.807, 2.05) is 0 Å². The summed E-state index contributed by atoms with van der Waals surface area (Å²) in [6.45, 7) is 4.55. The number of rotatable bonds is 1. The SMILES string of the molecule is C=C=C(C)S(=O)[O-].[Na+]. The smallest absolute Gasteiger partial charge is 0.768 e.